The van der Waals surface area contributed by atoms with Gasteiger partial charge in [-0.15, -0.1) is 0 Å². The Morgan fingerprint density at radius 2 is 1.37 bits per heavy atom. The number of fused-ring (bicyclic) bond motifs is 1. The highest BCUT2D eigenvalue weighted by Gasteiger charge is 2.13. The van der Waals surface area contributed by atoms with E-state index in [1.54, 1.807) is 6.07 Å². The third kappa shape index (κ3) is 3.25. The average Bonchev–Trinajstić information content (AvgIpc) is 3.24. The van der Waals surface area contributed by atoms with Gasteiger partial charge in [0.25, 0.3) is 0 Å². The summed E-state index contributed by atoms with van der Waals surface area (Å²) < 4.78 is 2.05. The van der Waals surface area contributed by atoms with Gasteiger partial charge in [-0.2, -0.15) is 0 Å². The number of hydrogen-bond acceptors (Lipinski definition) is 2. The van der Waals surface area contributed by atoms with Gasteiger partial charge >= 0.3 is 0 Å². The van der Waals surface area contributed by atoms with Crippen molar-refractivity contribution in [3.8, 4) is 33.5 Å². The van der Waals surface area contributed by atoms with Crippen LogP contribution in [0.25, 0.3) is 39.2 Å². The van der Waals surface area contributed by atoms with Crippen LogP contribution in [0, 0.1) is 0 Å². The molecule has 0 saturated heterocycles. The van der Waals surface area contributed by atoms with Crippen LogP contribution < -0.4 is 5.73 Å². The lowest BCUT2D eigenvalue weighted by Gasteiger charge is -2.09. The Morgan fingerprint density at radius 3 is 2.07 bits per heavy atom. The number of carbonyl (C=O) groups excluding carboxylic acids is 1. The molecule has 2 aromatic heterocycles. The first-order valence-corrected chi connectivity index (χ1v) is 9.73. The molecule has 0 aliphatic carbocycles. The fourth-order valence-corrected chi connectivity index (χ4v) is 3.69. The van der Waals surface area contributed by atoms with Crippen LogP contribution in [-0.4, -0.2) is 15.3 Å². The molecule has 0 fully saturated rings. The summed E-state index contributed by atoms with van der Waals surface area (Å²) in [5, 5.41) is 0. The van der Waals surface area contributed by atoms with Gasteiger partial charge in [0, 0.05) is 29.1 Å². The lowest BCUT2D eigenvalue weighted by atomic mass is 10.00. The number of nitrogens with two attached hydrogens (primary N) is 1. The number of aromatic nitrogens is 2. The highest BCUT2D eigenvalue weighted by molar-refractivity contribution is 5.94. The summed E-state index contributed by atoms with van der Waals surface area (Å²) in [5.74, 6) is -0.435. The Labute approximate surface area is 174 Å². The Bertz CT molecular complexity index is 1360. The van der Waals surface area contributed by atoms with Gasteiger partial charge in [0.05, 0.1) is 5.69 Å². The Morgan fingerprint density at radius 1 is 0.700 bits per heavy atom. The topological polar surface area (TPSA) is 60.4 Å². The van der Waals surface area contributed by atoms with Crippen LogP contribution in [0.1, 0.15) is 10.4 Å². The fraction of sp³-hybridized carbons (Fsp3) is 0. The van der Waals surface area contributed by atoms with Gasteiger partial charge in [0.2, 0.25) is 5.91 Å². The third-order valence-corrected chi connectivity index (χ3v) is 5.19. The van der Waals surface area contributed by atoms with Crippen LogP contribution in [0.2, 0.25) is 0 Å². The van der Waals surface area contributed by atoms with E-state index in [-0.39, 0.29) is 0 Å². The van der Waals surface area contributed by atoms with Crippen molar-refractivity contribution in [2.45, 2.75) is 0 Å². The Kier molecular flexibility index (Phi) is 4.37. The summed E-state index contributed by atoms with van der Waals surface area (Å²) in [7, 11) is 0. The lowest BCUT2D eigenvalue weighted by molar-refractivity contribution is 0.100. The molecule has 30 heavy (non-hydrogen) atoms. The summed E-state index contributed by atoms with van der Waals surface area (Å²) in [6.45, 7) is 0. The van der Waals surface area contributed by atoms with Gasteiger partial charge in [-0.3, -0.25) is 4.79 Å². The van der Waals surface area contributed by atoms with Crippen molar-refractivity contribution in [3.05, 3.63) is 109 Å². The predicted molar refractivity (Wildman–Crippen MR) is 120 cm³/mol. The van der Waals surface area contributed by atoms with Gasteiger partial charge in [0.1, 0.15) is 5.65 Å². The molecule has 0 atom stereocenters. The van der Waals surface area contributed by atoms with Crippen LogP contribution >= 0.6 is 0 Å². The normalized spacial score (nSPS) is 10.9. The van der Waals surface area contributed by atoms with Crippen LogP contribution in [0.15, 0.2) is 103 Å². The lowest BCUT2D eigenvalue weighted by Crippen LogP contribution is -2.10. The van der Waals surface area contributed by atoms with Gasteiger partial charge in [-0.1, -0.05) is 72.8 Å². The summed E-state index contributed by atoms with van der Waals surface area (Å²) in [6.07, 6.45) is 4.08. The maximum atomic E-state index is 11.7. The molecule has 2 N–H and O–H groups in total. The summed E-state index contributed by atoms with van der Waals surface area (Å²) in [6, 6.07) is 29.8. The zero-order valence-electron chi connectivity index (χ0n) is 16.2. The third-order valence-electron chi connectivity index (χ3n) is 5.19. The quantitative estimate of drug-likeness (QED) is 0.445. The van der Waals surface area contributed by atoms with Crippen molar-refractivity contribution in [2.24, 2.45) is 5.73 Å². The molecule has 0 unspecified atom stereocenters. The molecule has 1 amide bonds. The number of hydrogen-bond donors (Lipinski definition) is 1. The minimum atomic E-state index is -0.435. The minimum absolute atomic E-state index is 0.435. The highest BCUT2D eigenvalue weighted by Crippen LogP contribution is 2.32. The van der Waals surface area contributed by atoms with E-state index in [1.807, 2.05) is 67.0 Å². The molecule has 2 heterocycles. The first kappa shape index (κ1) is 17.9. The van der Waals surface area contributed by atoms with Crippen molar-refractivity contribution >= 4 is 11.6 Å². The number of carbonyl (C=O) groups is 1. The van der Waals surface area contributed by atoms with Crippen LogP contribution in [0.5, 0.6) is 0 Å². The largest absolute Gasteiger partial charge is 0.366 e. The average molecular weight is 389 g/mol. The molecule has 5 rings (SSSR count). The highest BCUT2D eigenvalue weighted by atomic mass is 16.1. The van der Waals surface area contributed by atoms with Crippen molar-refractivity contribution in [2.75, 3.05) is 0 Å². The zero-order valence-corrected chi connectivity index (χ0v) is 16.2. The molecule has 0 bridgehead atoms. The van der Waals surface area contributed by atoms with Crippen LogP contribution in [-0.2, 0) is 0 Å². The molecule has 5 aromatic rings. The van der Waals surface area contributed by atoms with E-state index in [2.05, 4.69) is 34.7 Å². The number of primary amides is 1. The number of imidazole rings is 1. The molecule has 0 aliphatic rings. The summed E-state index contributed by atoms with van der Waals surface area (Å²) in [5.41, 5.74) is 12.9. The van der Waals surface area contributed by atoms with Crippen molar-refractivity contribution in [1.29, 1.82) is 0 Å². The van der Waals surface area contributed by atoms with E-state index < -0.39 is 5.91 Å². The van der Waals surface area contributed by atoms with E-state index in [9.17, 15) is 4.79 Å². The van der Waals surface area contributed by atoms with Gasteiger partial charge < -0.3 is 10.1 Å². The van der Waals surface area contributed by atoms with Crippen LogP contribution in [0.4, 0.5) is 0 Å². The smallest absolute Gasteiger partial charge is 0.248 e. The maximum Gasteiger partial charge on any atom is 0.248 e. The van der Waals surface area contributed by atoms with Crippen LogP contribution in [0.3, 0.4) is 0 Å². The standard InChI is InChI=1S/C26H19N3O/c27-25(30)21-13-7-12-20(14-21)22-15-23(18-8-3-1-4-9-18)26-28-24(17-29(26)16-22)19-10-5-2-6-11-19/h1-17H,(H2,27,30). The number of pyridine rings is 1. The van der Waals surface area contributed by atoms with Gasteiger partial charge in [-0.25, -0.2) is 4.98 Å². The number of rotatable bonds is 4. The SMILES string of the molecule is NC(=O)c1cccc(-c2cc(-c3ccccc3)c3nc(-c4ccccc4)cn3c2)c1. The molecule has 4 nitrogen and oxygen atoms in total. The monoisotopic (exact) mass is 389 g/mol. The molecule has 3 aromatic carbocycles. The van der Waals surface area contributed by atoms with E-state index >= 15 is 0 Å². The Hall–Kier alpha value is -4.18. The number of amides is 1. The molecular formula is C26H19N3O. The van der Waals surface area contributed by atoms with Gasteiger partial charge in [-0.05, 0) is 34.9 Å². The molecule has 4 heteroatoms. The second-order valence-electron chi connectivity index (χ2n) is 7.18. The molecule has 0 aliphatic heterocycles. The van der Waals surface area contributed by atoms with Crippen molar-refractivity contribution < 1.29 is 4.79 Å². The van der Waals surface area contributed by atoms with Crippen molar-refractivity contribution in [1.82, 2.24) is 9.38 Å². The van der Waals surface area contributed by atoms with Crippen molar-refractivity contribution in [3.63, 3.8) is 0 Å². The minimum Gasteiger partial charge on any atom is -0.366 e. The second kappa shape index (κ2) is 7.33. The summed E-state index contributed by atoms with van der Waals surface area (Å²) in [4.78, 5) is 16.6. The molecule has 0 radical (unpaired) electrons. The zero-order chi connectivity index (χ0) is 20.5. The second-order valence-corrected chi connectivity index (χ2v) is 7.18. The van der Waals surface area contributed by atoms with E-state index in [4.69, 9.17) is 10.7 Å². The number of nitrogens with zero attached hydrogens (tertiary/aromatic N) is 2. The Balaban J connectivity index is 1.75. The first-order chi connectivity index (χ1) is 14.7. The van der Waals surface area contributed by atoms with E-state index in [0.717, 1.165) is 39.2 Å². The summed E-state index contributed by atoms with van der Waals surface area (Å²) >= 11 is 0. The van der Waals surface area contributed by atoms with E-state index in [1.165, 1.54) is 0 Å². The first-order valence-electron chi connectivity index (χ1n) is 9.73. The molecule has 0 saturated carbocycles. The molecule has 144 valence electrons. The molecule has 0 spiro atoms. The predicted octanol–water partition coefficient (Wildman–Crippen LogP) is 5.43. The van der Waals surface area contributed by atoms with Gasteiger partial charge in [0.15, 0.2) is 0 Å². The number of benzene rings is 3. The fourth-order valence-electron chi connectivity index (χ4n) is 3.69. The molecular weight excluding hydrogens is 370 g/mol. The van der Waals surface area contributed by atoms with E-state index in [0.29, 0.717) is 5.56 Å². The maximum absolute atomic E-state index is 11.7.